The van der Waals surface area contributed by atoms with Crippen LogP contribution in [-0.4, -0.2) is 25.6 Å². The van der Waals surface area contributed by atoms with Gasteiger partial charge < -0.3 is 0 Å². The van der Waals surface area contributed by atoms with E-state index < -0.39 is 10.0 Å². The molecule has 0 aliphatic heterocycles. The lowest BCUT2D eigenvalue weighted by atomic mass is 10.4. The van der Waals surface area contributed by atoms with Crippen molar-refractivity contribution in [3.05, 3.63) is 0 Å². The van der Waals surface area contributed by atoms with Crippen molar-refractivity contribution < 1.29 is 8.42 Å². The second kappa shape index (κ2) is 3.29. The minimum Gasteiger partial charge on any atom is -0.212 e. The molecule has 0 radical (unpaired) electrons. The lowest BCUT2D eigenvalue weighted by molar-refractivity contribution is 0.569. The number of alkyl halides is 1. The Kier molecular flexibility index (Phi) is 2.78. The summed E-state index contributed by atoms with van der Waals surface area (Å²) in [5, 5.41) is -0.145. The monoisotopic (exact) mass is 197 g/mol. The Labute approximate surface area is 72.2 Å². The van der Waals surface area contributed by atoms with Crippen molar-refractivity contribution in [3.8, 4) is 0 Å². The third-order valence-corrected chi connectivity index (χ3v) is 4.10. The van der Waals surface area contributed by atoms with Gasteiger partial charge in [-0.15, -0.1) is 11.6 Å². The van der Waals surface area contributed by atoms with Gasteiger partial charge >= 0.3 is 0 Å². The van der Waals surface area contributed by atoms with Crippen molar-refractivity contribution in [2.45, 2.75) is 31.1 Å². The number of halogens is 1. The second-order valence-corrected chi connectivity index (χ2v) is 5.22. The molecule has 0 bridgehead atoms. The maximum atomic E-state index is 11.2. The first-order valence-corrected chi connectivity index (χ1v) is 5.71. The molecule has 0 aromatic rings. The first-order valence-electron chi connectivity index (χ1n) is 3.63. The van der Waals surface area contributed by atoms with Crippen LogP contribution in [0, 0.1) is 0 Å². The molecule has 11 heavy (non-hydrogen) atoms. The van der Waals surface area contributed by atoms with E-state index in [2.05, 4.69) is 4.72 Å². The number of sulfonamides is 1. The molecule has 1 fully saturated rings. The molecular formula is C6H12ClNO2S. The Balaban J connectivity index is 2.46. The highest BCUT2D eigenvalue weighted by atomic mass is 35.5. The highest BCUT2D eigenvalue weighted by Gasteiger charge is 2.36. The van der Waals surface area contributed by atoms with Crippen LogP contribution in [0.1, 0.15) is 19.8 Å². The molecule has 1 atom stereocenters. The van der Waals surface area contributed by atoms with Crippen molar-refractivity contribution in [1.29, 1.82) is 0 Å². The summed E-state index contributed by atoms with van der Waals surface area (Å²) in [5.41, 5.74) is 0. The van der Waals surface area contributed by atoms with E-state index in [1.165, 1.54) is 0 Å². The highest BCUT2D eigenvalue weighted by Crippen LogP contribution is 2.27. The second-order valence-electron chi connectivity index (χ2n) is 2.92. The predicted octanol–water partition coefficient (Wildman–Crippen LogP) is 0.696. The van der Waals surface area contributed by atoms with Gasteiger partial charge in [0.25, 0.3) is 0 Å². The minimum atomic E-state index is -3.03. The van der Waals surface area contributed by atoms with Crippen molar-refractivity contribution in [2.75, 3.05) is 5.88 Å². The number of rotatable bonds is 4. The first kappa shape index (κ1) is 9.29. The van der Waals surface area contributed by atoms with Crippen LogP contribution in [0.5, 0.6) is 0 Å². The van der Waals surface area contributed by atoms with Crippen molar-refractivity contribution >= 4 is 21.6 Å². The van der Waals surface area contributed by atoms with Gasteiger partial charge in [0.15, 0.2) is 0 Å². The molecule has 1 rings (SSSR count). The largest absolute Gasteiger partial charge is 0.214 e. The molecule has 0 heterocycles. The minimum absolute atomic E-state index is 0.145. The van der Waals surface area contributed by atoms with Crippen LogP contribution in [0.4, 0.5) is 0 Å². The maximum Gasteiger partial charge on any atom is 0.214 e. The molecule has 0 saturated heterocycles. The zero-order chi connectivity index (χ0) is 8.48. The van der Waals surface area contributed by atoms with Gasteiger partial charge in [-0.1, -0.05) is 0 Å². The Morgan fingerprint density at radius 2 is 2.18 bits per heavy atom. The van der Waals surface area contributed by atoms with Crippen LogP contribution >= 0.6 is 11.6 Å². The van der Waals surface area contributed by atoms with Gasteiger partial charge in [-0.3, -0.25) is 0 Å². The van der Waals surface area contributed by atoms with Gasteiger partial charge in [0.05, 0.1) is 5.25 Å². The Bertz CT molecular complexity index is 223. The van der Waals surface area contributed by atoms with E-state index in [1.807, 2.05) is 0 Å². The molecule has 1 saturated carbocycles. The van der Waals surface area contributed by atoms with Crippen molar-refractivity contribution in [1.82, 2.24) is 4.72 Å². The van der Waals surface area contributed by atoms with Crippen LogP contribution in [0.15, 0.2) is 0 Å². The topological polar surface area (TPSA) is 46.2 Å². The van der Waals surface area contributed by atoms with Crippen molar-refractivity contribution in [3.63, 3.8) is 0 Å². The molecule has 1 unspecified atom stereocenters. The fraction of sp³-hybridized carbons (Fsp3) is 1.00. The summed E-state index contributed by atoms with van der Waals surface area (Å²) in [4.78, 5) is 0. The molecule has 0 amide bonds. The van der Waals surface area contributed by atoms with Crippen LogP contribution in [0.3, 0.4) is 0 Å². The summed E-state index contributed by atoms with van der Waals surface area (Å²) in [6.07, 6.45) is 1.59. The highest BCUT2D eigenvalue weighted by molar-refractivity contribution is 7.90. The maximum absolute atomic E-state index is 11.2. The van der Waals surface area contributed by atoms with E-state index in [-0.39, 0.29) is 11.3 Å². The number of nitrogens with one attached hydrogen (secondary N) is 1. The van der Waals surface area contributed by atoms with Crippen LogP contribution in [0.25, 0.3) is 0 Å². The Hall–Kier alpha value is 0.200. The molecule has 66 valence electrons. The van der Waals surface area contributed by atoms with E-state index in [0.29, 0.717) is 5.88 Å². The normalized spacial score (nSPS) is 21.6. The third-order valence-electron chi connectivity index (χ3n) is 1.56. The summed E-state index contributed by atoms with van der Waals surface area (Å²) in [5.74, 6) is 0.325. The summed E-state index contributed by atoms with van der Waals surface area (Å²) in [6, 6.07) is -0.151. The molecule has 1 aliphatic carbocycles. The molecular weight excluding hydrogens is 186 g/mol. The van der Waals surface area contributed by atoms with E-state index in [0.717, 1.165) is 12.8 Å². The third kappa shape index (κ3) is 2.61. The van der Waals surface area contributed by atoms with Crippen LogP contribution < -0.4 is 4.72 Å². The summed E-state index contributed by atoms with van der Waals surface area (Å²) in [7, 11) is -3.03. The molecule has 1 aliphatic rings. The molecule has 0 aromatic carbocycles. The Morgan fingerprint density at radius 3 is 2.55 bits per heavy atom. The van der Waals surface area contributed by atoms with E-state index in [1.54, 1.807) is 6.92 Å². The molecule has 5 heteroatoms. The molecule has 0 spiro atoms. The van der Waals surface area contributed by atoms with Gasteiger partial charge in [0.1, 0.15) is 0 Å². The average Bonchev–Trinajstić information content (AvgIpc) is 2.66. The fourth-order valence-corrected chi connectivity index (χ4v) is 2.55. The van der Waals surface area contributed by atoms with E-state index >= 15 is 0 Å². The smallest absolute Gasteiger partial charge is 0.212 e. The van der Waals surface area contributed by atoms with Crippen molar-refractivity contribution in [2.24, 2.45) is 0 Å². The summed E-state index contributed by atoms with van der Waals surface area (Å²) in [6.45, 7) is 1.76. The molecule has 3 nitrogen and oxygen atoms in total. The first-order chi connectivity index (χ1) is 5.06. The van der Waals surface area contributed by atoms with Gasteiger partial charge in [-0.25, -0.2) is 13.1 Å². The molecule has 1 N–H and O–H groups in total. The fourth-order valence-electron chi connectivity index (χ4n) is 0.786. The lowest BCUT2D eigenvalue weighted by Crippen LogP contribution is -2.35. The average molecular weight is 198 g/mol. The number of hydrogen-bond acceptors (Lipinski definition) is 2. The lowest BCUT2D eigenvalue weighted by Gasteiger charge is -2.09. The standard InChI is InChI=1S/C6H12ClNO2S/c1-5(4-7)8-11(9,10)6-2-3-6/h5-6,8H,2-4H2,1H3. The SMILES string of the molecule is CC(CCl)NS(=O)(=O)C1CC1. The summed E-state index contributed by atoms with van der Waals surface area (Å²) >= 11 is 5.46. The zero-order valence-corrected chi connectivity index (χ0v) is 7.95. The van der Waals surface area contributed by atoms with Gasteiger partial charge in [-0.05, 0) is 19.8 Å². The van der Waals surface area contributed by atoms with Crippen LogP contribution in [0.2, 0.25) is 0 Å². The van der Waals surface area contributed by atoms with Gasteiger partial charge in [0, 0.05) is 11.9 Å². The van der Waals surface area contributed by atoms with Crippen LogP contribution in [-0.2, 0) is 10.0 Å². The summed E-state index contributed by atoms with van der Waals surface area (Å²) < 4.78 is 24.9. The van der Waals surface area contributed by atoms with E-state index in [4.69, 9.17) is 11.6 Å². The predicted molar refractivity (Wildman–Crippen MR) is 45.3 cm³/mol. The zero-order valence-electron chi connectivity index (χ0n) is 6.38. The van der Waals surface area contributed by atoms with E-state index in [9.17, 15) is 8.42 Å². The Morgan fingerprint density at radius 1 is 1.64 bits per heavy atom. The quantitative estimate of drug-likeness (QED) is 0.675. The number of hydrogen-bond donors (Lipinski definition) is 1. The van der Waals surface area contributed by atoms with Gasteiger partial charge in [0.2, 0.25) is 10.0 Å². The molecule has 0 aromatic heterocycles. The van der Waals surface area contributed by atoms with Gasteiger partial charge in [-0.2, -0.15) is 0 Å².